The van der Waals surface area contributed by atoms with Crippen LogP contribution in [-0.2, 0) is 5.41 Å². The van der Waals surface area contributed by atoms with E-state index in [9.17, 15) is 0 Å². The zero-order chi connectivity index (χ0) is 14.2. The summed E-state index contributed by atoms with van der Waals surface area (Å²) in [6.07, 6.45) is 2.50. The van der Waals surface area contributed by atoms with Gasteiger partial charge in [-0.1, -0.05) is 45.9 Å². The lowest BCUT2D eigenvalue weighted by Crippen LogP contribution is -2.36. The number of fused-ring (bicyclic) bond motifs is 1. The van der Waals surface area contributed by atoms with E-state index in [1.165, 1.54) is 29.8 Å². The molecule has 0 atom stereocenters. The third kappa shape index (κ3) is 2.35. The topological polar surface area (TPSA) is 3.01 Å². The van der Waals surface area contributed by atoms with E-state index >= 15 is 0 Å². The van der Waals surface area contributed by atoms with Crippen LogP contribution in [0.4, 0.5) is 5.69 Å². The van der Waals surface area contributed by atoms with Gasteiger partial charge in [-0.15, -0.1) is 0 Å². The number of rotatable bonds is 4. The fourth-order valence-electron chi connectivity index (χ4n) is 3.86. The number of hydrogen-bond donors (Lipinski definition) is 0. The second-order valence-corrected chi connectivity index (χ2v) is 6.94. The quantitative estimate of drug-likeness (QED) is 0.685. The summed E-state index contributed by atoms with van der Waals surface area (Å²) in [5.74, 6) is 1.43. The highest BCUT2D eigenvalue weighted by molar-refractivity contribution is 5.94. The normalized spacial score (nSPS) is 17.5. The maximum absolute atomic E-state index is 2.40. The summed E-state index contributed by atoms with van der Waals surface area (Å²) >= 11 is 0. The second kappa shape index (κ2) is 5.11. The van der Waals surface area contributed by atoms with Crippen molar-refractivity contribution >= 4 is 11.4 Å². The highest BCUT2D eigenvalue weighted by Gasteiger charge is 2.48. The maximum atomic E-state index is 2.40. The Labute approximate surface area is 118 Å². The number of nitrogens with zero attached hydrogens (tertiary/aromatic N) is 1. The Morgan fingerprint density at radius 3 is 2.05 bits per heavy atom. The van der Waals surface area contributed by atoms with Crippen LogP contribution in [0.2, 0.25) is 0 Å². The van der Waals surface area contributed by atoms with Crippen molar-refractivity contribution in [3.05, 3.63) is 29.8 Å². The standard InChI is InChI=1S/C18H28N/c1-13(2)11-18(12-14(3)4)15(5)19(6)17-10-8-7-9-16(17)18/h7-10,13-14H,11-12H2,1-6H3/q+1. The molecule has 0 spiro atoms. The average Bonchev–Trinajstić information content (AvgIpc) is 2.52. The zero-order valence-electron chi connectivity index (χ0n) is 13.3. The van der Waals surface area contributed by atoms with Crippen LogP contribution in [0.1, 0.15) is 53.0 Å². The Kier molecular flexibility index (Phi) is 3.85. The molecule has 1 aromatic rings. The monoisotopic (exact) mass is 258 g/mol. The van der Waals surface area contributed by atoms with E-state index in [1.807, 2.05) is 0 Å². The summed E-state index contributed by atoms with van der Waals surface area (Å²) in [6.45, 7) is 11.7. The van der Waals surface area contributed by atoms with Crippen molar-refractivity contribution in [2.24, 2.45) is 11.8 Å². The Balaban J connectivity index is 2.59. The molecule has 0 N–H and O–H groups in total. The minimum Gasteiger partial charge on any atom is -0.202 e. The minimum atomic E-state index is 0.244. The average molecular weight is 258 g/mol. The molecule has 104 valence electrons. The van der Waals surface area contributed by atoms with Gasteiger partial charge in [-0.05, 0) is 24.7 Å². The van der Waals surface area contributed by atoms with Crippen LogP contribution in [-0.4, -0.2) is 17.3 Å². The summed E-state index contributed by atoms with van der Waals surface area (Å²) in [5.41, 5.74) is 4.71. The van der Waals surface area contributed by atoms with E-state index in [1.54, 1.807) is 0 Å². The van der Waals surface area contributed by atoms with Gasteiger partial charge in [0, 0.05) is 18.6 Å². The molecule has 19 heavy (non-hydrogen) atoms. The summed E-state index contributed by atoms with van der Waals surface area (Å²) in [7, 11) is 2.22. The molecule has 1 aromatic carbocycles. The Morgan fingerprint density at radius 1 is 1.00 bits per heavy atom. The third-order valence-electron chi connectivity index (χ3n) is 4.49. The Bertz CT molecular complexity index is 484. The van der Waals surface area contributed by atoms with E-state index in [-0.39, 0.29) is 5.41 Å². The van der Waals surface area contributed by atoms with Gasteiger partial charge in [0.25, 0.3) is 0 Å². The van der Waals surface area contributed by atoms with Crippen LogP contribution in [0.3, 0.4) is 0 Å². The predicted octanol–water partition coefficient (Wildman–Crippen LogP) is 4.76. The molecule has 0 radical (unpaired) electrons. The van der Waals surface area contributed by atoms with Gasteiger partial charge in [0.1, 0.15) is 7.05 Å². The molecule has 0 saturated heterocycles. The van der Waals surface area contributed by atoms with E-state index < -0.39 is 0 Å². The fourth-order valence-corrected chi connectivity index (χ4v) is 3.86. The molecule has 1 aliphatic heterocycles. The highest BCUT2D eigenvalue weighted by atomic mass is 15.0. The lowest BCUT2D eigenvalue weighted by molar-refractivity contribution is -0.403. The van der Waals surface area contributed by atoms with Crippen molar-refractivity contribution in [1.29, 1.82) is 0 Å². The Morgan fingerprint density at radius 2 is 1.53 bits per heavy atom. The molecule has 0 saturated carbocycles. The molecule has 0 unspecified atom stereocenters. The van der Waals surface area contributed by atoms with Gasteiger partial charge >= 0.3 is 0 Å². The predicted molar refractivity (Wildman–Crippen MR) is 83.6 cm³/mol. The first kappa shape index (κ1) is 14.3. The number of para-hydroxylation sites is 1. The lowest BCUT2D eigenvalue weighted by Gasteiger charge is -2.31. The summed E-state index contributed by atoms with van der Waals surface area (Å²) in [4.78, 5) is 0. The first-order valence-corrected chi connectivity index (χ1v) is 7.55. The maximum Gasteiger partial charge on any atom is 0.209 e. The lowest BCUT2D eigenvalue weighted by atomic mass is 9.68. The van der Waals surface area contributed by atoms with Crippen LogP contribution in [0.5, 0.6) is 0 Å². The highest BCUT2D eigenvalue weighted by Crippen LogP contribution is 2.46. The molecule has 0 amide bonds. The molecule has 1 nitrogen and oxygen atoms in total. The molecular weight excluding hydrogens is 230 g/mol. The Hall–Kier alpha value is -1.11. The van der Waals surface area contributed by atoms with Crippen molar-refractivity contribution in [3.8, 4) is 0 Å². The molecule has 0 aliphatic carbocycles. The van der Waals surface area contributed by atoms with Crippen molar-refractivity contribution in [1.82, 2.24) is 0 Å². The number of benzene rings is 1. The van der Waals surface area contributed by atoms with Crippen molar-refractivity contribution in [2.45, 2.75) is 52.9 Å². The number of hydrogen-bond acceptors (Lipinski definition) is 0. The fraction of sp³-hybridized carbons (Fsp3) is 0.611. The van der Waals surface area contributed by atoms with Crippen molar-refractivity contribution in [2.75, 3.05) is 7.05 Å². The van der Waals surface area contributed by atoms with Crippen LogP contribution in [0, 0.1) is 11.8 Å². The van der Waals surface area contributed by atoms with Gasteiger partial charge in [-0.3, -0.25) is 0 Å². The van der Waals surface area contributed by atoms with Crippen molar-refractivity contribution < 1.29 is 4.58 Å². The molecule has 1 aliphatic rings. The first-order valence-electron chi connectivity index (χ1n) is 7.55. The van der Waals surface area contributed by atoms with Gasteiger partial charge in [-0.25, -0.2) is 4.58 Å². The third-order valence-corrected chi connectivity index (χ3v) is 4.49. The van der Waals surface area contributed by atoms with Gasteiger partial charge in [0.2, 0.25) is 5.69 Å². The van der Waals surface area contributed by atoms with E-state index in [0.717, 1.165) is 0 Å². The van der Waals surface area contributed by atoms with Gasteiger partial charge in [-0.2, -0.15) is 0 Å². The molecule has 2 rings (SSSR count). The SMILES string of the molecule is CC1=[N+](C)c2ccccc2C1(CC(C)C)CC(C)C. The van der Waals surface area contributed by atoms with Crippen LogP contribution in [0.25, 0.3) is 0 Å². The zero-order valence-corrected chi connectivity index (χ0v) is 13.3. The summed E-state index contributed by atoms with van der Waals surface area (Å²) in [5, 5.41) is 0. The van der Waals surface area contributed by atoms with E-state index in [2.05, 4.69) is 70.5 Å². The summed E-state index contributed by atoms with van der Waals surface area (Å²) < 4.78 is 2.40. The van der Waals surface area contributed by atoms with Crippen molar-refractivity contribution in [3.63, 3.8) is 0 Å². The van der Waals surface area contributed by atoms with Gasteiger partial charge in [0.05, 0.1) is 5.41 Å². The molecule has 1 heterocycles. The smallest absolute Gasteiger partial charge is 0.202 e. The first-order chi connectivity index (χ1) is 8.88. The molecule has 0 bridgehead atoms. The second-order valence-electron chi connectivity index (χ2n) is 6.94. The molecule has 0 aromatic heterocycles. The summed E-state index contributed by atoms with van der Waals surface area (Å²) in [6, 6.07) is 8.96. The van der Waals surface area contributed by atoms with E-state index in [0.29, 0.717) is 11.8 Å². The van der Waals surface area contributed by atoms with Crippen LogP contribution in [0.15, 0.2) is 24.3 Å². The largest absolute Gasteiger partial charge is 0.209 e. The van der Waals surface area contributed by atoms with Gasteiger partial charge in [0.15, 0.2) is 5.71 Å². The van der Waals surface area contributed by atoms with Gasteiger partial charge < -0.3 is 0 Å². The molecule has 0 fully saturated rings. The molecular formula is C18H28N+. The van der Waals surface area contributed by atoms with Crippen LogP contribution >= 0.6 is 0 Å². The van der Waals surface area contributed by atoms with E-state index in [4.69, 9.17) is 0 Å². The minimum absolute atomic E-state index is 0.244. The molecule has 1 heteroatoms. The van der Waals surface area contributed by atoms with Crippen LogP contribution < -0.4 is 0 Å².